The molecular weight excluding hydrogens is 332 g/mol. The molecule has 2 aromatic heterocycles. The molecule has 0 saturated heterocycles. The maximum absolute atomic E-state index is 9.58. The highest BCUT2D eigenvalue weighted by atomic mass is 32.1. The molecule has 0 radical (unpaired) electrons. The minimum atomic E-state index is 0.603. The van der Waals surface area contributed by atoms with Crippen molar-refractivity contribution in [1.29, 1.82) is 5.26 Å². The van der Waals surface area contributed by atoms with Gasteiger partial charge in [0.2, 0.25) is 0 Å². The van der Waals surface area contributed by atoms with Gasteiger partial charge in [-0.1, -0.05) is 48.5 Å². The first-order valence-electron chi connectivity index (χ1n) is 7.44. The Labute approximate surface area is 148 Å². The molecule has 24 heavy (non-hydrogen) atoms. The van der Waals surface area contributed by atoms with E-state index in [0.29, 0.717) is 5.57 Å². The van der Waals surface area contributed by atoms with Crippen LogP contribution in [-0.4, -0.2) is 4.98 Å². The molecule has 0 saturated carbocycles. The second-order valence-electron chi connectivity index (χ2n) is 5.26. The van der Waals surface area contributed by atoms with Crippen LogP contribution in [0.5, 0.6) is 0 Å². The van der Waals surface area contributed by atoms with E-state index in [2.05, 4.69) is 28.6 Å². The van der Waals surface area contributed by atoms with E-state index in [1.807, 2.05) is 53.9 Å². The van der Waals surface area contributed by atoms with Gasteiger partial charge in [0, 0.05) is 15.6 Å². The standard InChI is InChI=1S/C20H12N2S2/c21-11-15(10-16-12-23-19-9-5-4-8-17(16)19)20-22-18(13-24-20)14-6-2-1-3-7-14/h1-10,12-13H/b15-10+. The van der Waals surface area contributed by atoms with Crippen LogP contribution in [-0.2, 0) is 0 Å². The zero-order valence-electron chi connectivity index (χ0n) is 12.6. The quantitative estimate of drug-likeness (QED) is 0.422. The van der Waals surface area contributed by atoms with Crippen molar-refractivity contribution >= 4 is 44.4 Å². The van der Waals surface area contributed by atoms with E-state index in [1.54, 1.807) is 11.3 Å². The Morgan fingerprint density at radius 3 is 2.58 bits per heavy atom. The summed E-state index contributed by atoms with van der Waals surface area (Å²) < 4.78 is 1.23. The van der Waals surface area contributed by atoms with Crippen LogP contribution in [0.15, 0.2) is 65.4 Å². The number of hydrogen-bond acceptors (Lipinski definition) is 4. The third-order valence-electron chi connectivity index (χ3n) is 3.74. The van der Waals surface area contributed by atoms with Crippen molar-refractivity contribution in [3.63, 3.8) is 0 Å². The highest BCUT2D eigenvalue weighted by molar-refractivity contribution is 7.17. The average molecular weight is 344 g/mol. The minimum Gasteiger partial charge on any atom is -0.235 e. The number of aromatic nitrogens is 1. The van der Waals surface area contributed by atoms with Crippen molar-refractivity contribution in [3.05, 3.63) is 75.9 Å². The molecule has 0 aliphatic carbocycles. The number of thiazole rings is 1. The molecule has 4 aromatic rings. The van der Waals surface area contributed by atoms with Crippen molar-refractivity contribution in [1.82, 2.24) is 4.98 Å². The molecule has 0 atom stereocenters. The van der Waals surface area contributed by atoms with Gasteiger partial charge in [-0.3, -0.25) is 0 Å². The van der Waals surface area contributed by atoms with Gasteiger partial charge in [0.05, 0.1) is 11.3 Å². The molecule has 114 valence electrons. The highest BCUT2D eigenvalue weighted by Crippen LogP contribution is 2.31. The lowest BCUT2D eigenvalue weighted by Gasteiger charge is -1.96. The first-order chi connectivity index (χ1) is 11.8. The van der Waals surface area contributed by atoms with Crippen molar-refractivity contribution in [2.45, 2.75) is 0 Å². The van der Waals surface area contributed by atoms with Gasteiger partial charge in [-0.15, -0.1) is 22.7 Å². The van der Waals surface area contributed by atoms with E-state index in [9.17, 15) is 5.26 Å². The second-order valence-corrected chi connectivity index (χ2v) is 7.03. The number of nitrogens with zero attached hydrogens (tertiary/aromatic N) is 2. The van der Waals surface area contributed by atoms with Crippen LogP contribution in [0.2, 0.25) is 0 Å². The maximum Gasteiger partial charge on any atom is 0.134 e. The summed E-state index contributed by atoms with van der Waals surface area (Å²) in [6.45, 7) is 0. The molecule has 2 heterocycles. The Bertz CT molecular complexity index is 1070. The summed E-state index contributed by atoms with van der Waals surface area (Å²) in [7, 11) is 0. The van der Waals surface area contributed by atoms with E-state index >= 15 is 0 Å². The van der Waals surface area contributed by atoms with Crippen LogP contribution in [0, 0.1) is 11.3 Å². The van der Waals surface area contributed by atoms with Crippen LogP contribution < -0.4 is 0 Å². The molecule has 0 aliphatic heterocycles. The summed E-state index contributed by atoms with van der Waals surface area (Å²) in [6, 6.07) is 20.6. The molecule has 0 N–H and O–H groups in total. The van der Waals surface area contributed by atoms with Gasteiger partial charge >= 0.3 is 0 Å². The summed E-state index contributed by atoms with van der Waals surface area (Å²) in [5.74, 6) is 0. The fourth-order valence-electron chi connectivity index (χ4n) is 2.55. The summed E-state index contributed by atoms with van der Waals surface area (Å²) in [4.78, 5) is 4.64. The zero-order chi connectivity index (χ0) is 16.4. The third kappa shape index (κ3) is 2.76. The van der Waals surface area contributed by atoms with E-state index in [0.717, 1.165) is 21.8 Å². The van der Waals surface area contributed by atoms with Crippen molar-refractivity contribution in [2.75, 3.05) is 0 Å². The minimum absolute atomic E-state index is 0.603. The van der Waals surface area contributed by atoms with Crippen LogP contribution >= 0.6 is 22.7 Å². The Balaban J connectivity index is 1.74. The van der Waals surface area contributed by atoms with Gasteiger partial charge in [-0.2, -0.15) is 5.26 Å². The second kappa shape index (κ2) is 6.40. The third-order valence-corrected chi connectivity index (χ3v) is 5.59. The van der Waals surface area contributed by atoms with Gasteiger partial charge in [0.15, 0.2) is 0 Å². The van der Waals surface area contributed by atoms with Gasteiger partial charge in [-0.05, 0) is 28.5 Å². The van der Waals surface area contributed by atoms with E-state index in [-0.39, 0.29) is 0 Å². The summed E-state index contributed by atoms with van der Waals surface area (Å²) >= 11 is 3.20. The molecule has 2 aromatic carbocycles. The fraction of sp³-hybridized carbons (Fsp3) is 0. The lowest BCUT2D eigenvalue weighted by Crippen LogP contribution is -1.82. The fourth-order valence-corrected chi connectivity index (χ4v) is 4.26. The van der Waals surface area contributed by atoms with Gasteiger partial charge < -0.3 is 0 Å². The molecule has 4 heteroatoms. The van der Waals surface area contributed by atoms with Crippen LogP contribution in [0.25, 0.3) is 33.0 Å². The van der Waals surface area contributed by atoms with E-state index < -0.39 is 0 Å². The van der Waals surface area contributed by atoms with E-state index in [1.165, 1.54) is 21.4 Å². The monoisotopic (exact) mass is 344 g/mol. The molecule has 0 bridgehead atoms. The highest BCUT2D eigenvalue weighted by Gasteiger charge is 2.10. The Morgan fingerprint density at radius 2 is 1.75 bits per heavy atom. The molecule has 0 fully saturated rings. The average Bonchev–Trinajstić information content (AvgIpc) is 3.28. The van der Waals surface area contributed by atoms with Gasteiger partial charge in [-0.25, -0.2) is 4.98 Å². The first kappa shape index (κ1) is 14.8. The number of thiophene rings is 1. The molecule has 4 rings (SSSR count). The molecule has 2 nitrogen and oxygen atoms in total. The maximum atomic E-state index is 9.58. The lowest BCUT2D eigenvalue weighted by molar-refractivity contribution is 1.37. The molecule has 0 unspecified atom stereocenters. The first-order valence-corrected chi connectivity index (χ1v) is 9.20. The SMILES string of the molecule is N#C/C(=C\c1csc2ccccc12)c1nc(-c2ccccc2)cs1. The number of benzene rings is 2. The topological polar surface area (TPSA) is 36.7 Å². The number of allylic oxidation sites excluding steroid dienone is 1. The smallest absolute Gasteiger partial charge is 0.134 e. The number of hydrogen-bond donors (Lipinski definition) is 0. The van der Waals surface area contributed by atoms with Crippen LogP contribution in [0.3, 0.4) is 0 Å². The molecule has 0 spiro atoms. The molecule has 0 aliphatic rings. The zero-order valence-corrected chi connectivity index (χ0v) is 14.3. The van der Waals surface area contributed by atoms with Gasteiger partial charge in [0.25, 0.3) is 0 Å². The predicted octanol–water partition coefficient (Wildman–Crippen LogP) is 6.09. The molecular formula is C20H12N2S2. The van der Waals surface area contributed by atoms with Crippen molar-refractivity contribution in [2.24, 2.45) is 0 Å². The normalized spacial score (nSPS) is 11.5. The van der Waals surface area contributed by atoms with Crippen molar-refractivity contribution < 1.29 is 0 Å². The van der Waals surface area contributed by atoms with Crippen molar-refractivity contribution in [3.8, 4) is 17.3 Å². The summed E-state index contributed by atoms with van der Waals surface area (Å²) in [5, 5.41) is 15.6. The number of fused-ring (bicyclic) bond motifs is 1. The Morgan fingerprint density at radius 1 is 0.958 bits per heavy atom. The van der Waals surface area contributed by atoms with E-state index in [4.69, 9.17) is 0 Å². The predicted molar refractivity (Wildman–Crippen MR) is 103 cm³/mol. The number of rotatable bonds is 3. The molecule has 0 amide bonds. The Hall–Kier alpha value is -2.74. The lowest BCUT2D eigenvalue weighted by atomic mass is 10.1. The Kier molecular flexibility index (Phi) is 3.96. The summed E-state index contributed by atoms with van der Waals surface area (Å²) in [6.07, 6.45) is 1.94. The van der Waals surface area contributed by atoms with Crippen LogP contribution in [0.4, 0.5) is 0 Å². The van der Waals surface area contributed by atoms with Crippen LogP contribution in [0.1, 0.15) is 10.6 Å². The summed E-state index contributed by atoms with van der Waals surface area (Å²) in [5.41, 5.74) is 3.65. The van der Waals surface area contributed by atoms with Gasteiger partial charge in [0.1, 0.15) is 11.1 Å². The largest absolute Gasteiger partial charge is 0.235 e. The number of nitriles is 1.